The lowest BCUT2D eigenvalue weighted by atomic mass is 9.99. The van der Waals surface area contributed by atoms with Gasteiger partial charge in [-0.15, -0.1) is 0 Å². The maximum absolute atomic E-state index is 13.7. The van der Waals surface area contributed by atoms with Crippen LogP contribution in [0.5, 0.6) is 5.75 Å². The van der Waals surface area contributed by atoms with E-state index in [0.29, 0.717) is 17.0 Å². The zero-order valence-corrected chi connectivity index (χ0v) is 20.5. The molecule has 3 aromatic carbocycles. The van der Waals surface area contributed by atoms with Gasteiger partial charge < -0.3 is 10.1 Å². The summed E-state index contributed by atoms with van der Waals surface area (Å²) >= 11 is 0. The number of anilines is 2. The Bertz CT molecular complexity index is 1300. The molecule has 0 aliphatic carbocycles. The SMILES string of the molecule is Cc1ccc(C2=C(Nc3cccc(C)c3C)C(=O)N(c3ccc(OC(C)C)cc3)C2=O)cc1C. The maximum Gasteiger partial charge on any atom is 0.282 e. The number of hydrogen-bond donors (Lipinski definition) is 1. The molecule has 0 saturated heterocycles. The minimum absolute atomic E-state index is 0.0346. The molecule has 1 aliphatic heterocycles. The molecule has 0 fully saturated rings. The van der Waals surface area contributed by atoms with Crippen LogP contribution in [0.1, 0.15) is 41.7 Å². The number of aryl methyl sites for hydroxylation is 3. The first-order valence-corrected chi connectivity index (χ1v) is 11.5. The molecule has 0 saturated carbocycles. The van der Waals surface area contributed by atoms with Gasteiger partial charge >= 0.3 is 0 Å². The van der Waals surface area contributed by atoms with E-state index in [9.17, 15) is 9.59 Å². The third-order valence-corrected chi connectivity index (χ3v) is 6.21. The number of carbonyl (C=O) groups is 2. The first-order valence-electron chi connectivity index (χ1n) is 11.5. The van der Waals surface area contributed by atoms with Gasteiger partial charge in [-0.25, -0.2) is 4.90 Å². The average Bonchev–Trinajstić information content (AvgIpc) is 3.03. The van der Waals surface area contributed by atoms with E-state index in [1.54, 1.807) is 24.3 Å². The van der Waals surface area contributed by atoms with Gasteiger partial charge in [-0.3, -0.25) is 9.59 Å². The lowest BCUT2D eigenvalue weighted by molar-refractivity contribution is -0.120. The summed E-state index contributed by atoms with van der Waals surface area (Å²) in [6, 6.07) is 18.8. The summed E-state index contributed by atoms with van der Waals surface area (Å²) in [4.78, 5) is 28.6. The number of benzene rings is 3. The minimum atomic E-state index is -0.378. The third kappa shape index (κ3) is 4.34. The highest BCUT2D eigenvalue weighted by molar-refractivity contribution is 6.46. The highest BCUT2D eigenvalue weighted by atomic mass is 16.5. The number of amides is 2. The molecule has 0 aromatic heterocycles. The molecule has 174 valence electrons. The zero-order chi connectivity index (χ0) is 24.6. The van der Waals surface area contributed by atoms with Gasteiger partial charge in [-0.1, -0.05) is 30.3 Å². The Balaban J connectivity index is 1.80. The summed E-state index contributed by atoms with van der Waals surface area (Å²) in [7, 11) is 0. The summed E-state index contributed by atoms with van der Waals surface area (Å²) in [5.74, 6) is -0.0378. The Hall–Kier alpha value is -3.86. The number of imide groups is 1. The molecular formula is C29H30N2O3. The van der Waals surface area contributed by atoms with Gasteiger partial charge in [-0.2, -0.15) is 0 Å². The topological polar surface area (TPSA) is 58.6 Å². The van der Waals surface area contributed by atoms with Crippen molar-refractivity contribution in [3.05, 3.63) is 94.2 Å². The summed E-state index contributed by atoms with van der Waals surface area (Å²) in [5, 5.41) is 3.29. The molecule has 0 bridgehead atoms. The van der Waals surface area contributed by atoms with Gasteiger partial charge in [0, 0.05) is 5.69 Å². The van der Waals surface area contributed by atoms with Crippen LogP contribution in [0.3, 0.4) is 0 Å². The quantitative estimate of drug-likeness (QED) is 0.457. The van der Waals surface area contributed by atoms with Crippen LogP contribution < -0.4 is 15.0 Å². The number of hydrogen-bond acceptors (Lipinski definition) is 4. The lowest BCUT2D eigenvalue weighted by Crippen LogP contribution is -2.32. The fourth-order valence-electron chi connectivity index (χ4n) is 4.01. The third-order valence-electron chi connectivity index (χ3n) is 6.21. The smallest absolute Gasteiger partial charge is 0.282 e. The first kappa shape index (κ1) is 23.3. The van der Waals surface area contributed by atoms with Crippen molar-refractivity contribution < 1.29 is 14.3 Å². The molecule has 5 nitrogen and oxygen atoms in total. The van der Waals surface area contributed by atoms with Crippen LogP contribution in [-0.2, 0) is 9.59 Å². The molecule has 0 spiro atoms. The van der Waals surface area contributed by atoms with E-state index in [-0.39, 0.29) is 23.6 Å². The van der Waals surface area contributed by atoms with Gasteiger partial charge in [0.05, 0.1) is 17.4 Å². The van der Waals surface area contributed by atoms with Crippen molar-refractivity contribution in [2.75, 3.05) is 10.2 Å². The number of carbonyl (C=O) groups excluding carboxylic acids is 2. The fraction of sp³-hybridized carbons (Fsp3) is 0.241. The van der Waals surface area contributed by atoms with E-state index in [4.69, 9.17) is 4.74 Å². The van der Waals surface area contributed by atoms with Crippen molar-refractivity contribution in [2.24, 2.45) is 0 Å². The van der Waals surface area contributed by atoms with Crippen molar-refractivity contribution in [3.63, 3.8) is 0 Å². The number of nitrogens with one attached hydrogen (secondary N) is 1. The van der Waals surface area contributed by atoms with Gasteiger partial charge in [0.1, 0.15) is 11.4 Å². The Morgan fingerprint density at radius 2 is 1.50 bits per heavy atom. The van der Waals surface area contributed by atoms with Crippen molar-refractivity contribution in [1.29, 1.82) is 0 Å². The number of ether oxygens (including phenoxy) is 1. The highest BCUT2D eigenvalue weighted by Crippen LogP contribution is 2.35. The van der Waals surface area contributed by atoms with Crippen LogP contribution in [0.2, 0.25) is 0 Å². The number of nitrogens with zero attached hydrogens (tertiary/aromatic N) is 1. The van der Waals surface area contributed by atoms with E-state index < -0.39 is 0 Å². The zero-order valence-electron chi connectivity index (χ0n) is 20.5. The molecule has 4 rings (SSSR count). The van der Waals surface area contributed by atoms with Crippen LogP contribution in [0.25, 0.3) is 5.57 Å². The van der Waals surface area contributed by atoms with E-state index in [2.05, 4.69) is 5.32 Å². The standard InChI is InChI=1S/C29H30N2O3/c1-17(2)34-24-14-12-23(13-15-24)31-28(32)26(22-11-10-18(3)20(5)16-22)27(29(31)33)30-25-9-7-8-19(4)21(25)6/h7-17,30H,1-6H3. The summed E-state index contributed by atoms with van der Waals surface area (Å²) in [6.07, 6.45) is 0.0346. The Labute approximate surface area is 201 Å². The Morgan fingerprint density at radius 1 is 0.794 bits per heavy atom. The second kappa shape index (κ2) is 9.18. The predicted molar refractivity (Wildman–Crippen MR) is 137 cm³/mol. The summed E-state index contributed by atoms with van der Waals surface area (Å²) < 4.78 is 5.71. The molecule has 5 heteroatoms. The van der Waals surface area contributed by atoms with Gasteiger partial charge in [0.25, 0.3) is 11.8 Å². The molecule has 0 atom stereocenters. The average molecular weight is 455 g/mol. The lowest BCUT2D eigenvalue weighted by Gasteiger charge is -2.17. The van der Waals surface area contributed by atoms with Gasteiger partial charge in [0.2, 0.25) is 0 Å². The molecule has 0 radical (unpaired) electrons. The molecule has 0 unspecified atom stereocenters. The molecule has 2 amide bonds. The predicted octanol–water partition coefficient (Wildman–Crippen LogP) is 6.10. The van der Waals surface area contributed by atoms with Crippen LogP contribution in [0.4, 0.5) is 11.4 Å². The summed E-state index contributed by atoms with van der Waals surface area (Å²) in [5.41, 5.74) is 7.01. The van der Waals surface area contributed by atoms with Crippen LogP contribution in [0.15, 0.2) is 66.4 Å². The second-order valence-electron chi connectivity index (χ2n) is 9.03. The van der Waals surface area contributed by atoms with E-state index in [1.807, 2.05) is 77.9 Å². The van der Waals surface area contributed by atoms with Crippen LogP contribution in [0, 0.1) is 27.7 Å². The molecular weight excluding hydrogens is 424 g/mol. The first-order chi connectivity index (χ1) is 16.2. The molecule has 1 heterocycles. The monoisotopic (exact) mass is 454 g/mol. The molecule has 34 heavy (non-hydrogen) atoms. The molecule has 3 aromatic rings. The fourth-order valence-corrected chi connectivity index (χ4v) is 4.01. The van der Waals surface area contributed by atoms with Crippen LogP contribution >= 0.6 is 0 Å². The minimum Gasteiger partial charge on any atom is -0.491 e. The number of rotatable bonds is 6. The largest absolute Gasteiger partial charge is 0.491 e. The Kier molecular flexibility index (Phi) is 6.29. The second-order valence-corrected chi connectivity index (χ2v) is 9.03. The maximum atomic E-state index is 13.7. The normalized spacial score (nSPS) is 13.8. The van der Waals surface area contributed by atoms with E-state index in [1.165, 1.54) is 4.90 Å². The van der Waals surface area contributed by atoms with Crippen molar-refractivity contribution in [1.82, 2.24) is 0 Å². The van der Waals surface area contributed by atoms with E-state index >= 15 is 0 Å². The summed E-state index contributed by atoms with van der Waals surface area (Å²) in [6.45, 7) is 12.0. The van der Waals surface area contributed by atoms with Gasteiger partial charge in [-0.05, 0) is 99.7 Å². The molecule has 1 aliphatic rings. The van der Waals surface area contributed by atoms with Crippen molar-refractivity contribution >= 4 is 28.8 Å². The highest BCUT2D eigenvalue weighted by Gasteiger charge is 2.40. The van der Waals surface area contributed by atoms with Crippen LogP contribution in [-0.4, -0.2) is 17.9 Å². The van der Waals surface area contributed by atoms with Crippen molar-refractivity contribution in [2.45, 2.75) is 47.6 Å². The van der Waals surface area contributed by atoms with E-state index in [0.717, 1.165) is 33.5 Å². The Morgan fingerprint density at radius 3 is 2.15 bits per heavy atom. The van der Waals surface area contributed by atoms with Crippen molar-refractivity contribution in [3.8, 4) is 5.75 Å². The van der Waals surface area contributed by atoms with Gasteiger partial charge in [0.15, 0.2) is 0 Å². The molecule has 1 N–H and O–H groups in total.